The molecule has 0 radical (unpaired) electrons. The first kappa shape index (κ1) is 19.6. The molecule has 0 aromatic heterocycles. The Morgan fingerprint density at radius 2 is 1.38 bits per heavy atom. The van der Waals surface area contributed by atoms with Gasteiger partial charge in [-0.2, -0.15) is 35.1 Å². The number of halogens is 8. The van der Waals surface area contributed by atoms with Crippen molar-refractivity contribution in [1.82, 2.24) is 0 Å². The van der Waals surface area contributed by atoms with Gasteiger partial charge in [0.2, 0.25) is 0 Å². The molecule has 0 amide bonds. The minimum Gasteiger partial charge on any atom is -0.386 e. The van der Waals surface area contributed by atoms with E-state index in [2.05, 4.69) is 4.74 Å². The van der Waals surface area contributed by atoms with Gasteiger partial charge in [0.05, 0.1) is 0 Å². The second-order valence-corrected chi connectivity index (χ2v) is 6.31. The lowest BCUT2D eigenvalue weighted by molar-refractivity contribution is -0.511. The van der Waals surface area contributed by atoms with Crippen LogP contribution in [0, 0.1) is 5.92 Å². The van der Waals surface area contributed by atoms with Crippen LogP contribution in [0.25, 0.3) is 0 Å². The van der Waals surface area contributed by atoms with E-state index >= 15 is 0 Å². The van der Waals surface area contributed by atoms with E-state index in [1.54, 1.807) is 0 Å². The molecule has 0 spiro atoms. The molecule has 24 heavy (non-hydrogen) atoms. The fourth-order valence-electron chi connectivity index (χ4n) is 3.49. The predicted molar refractivity (Wildman–Crippen MR) is 63.0 cm³/mol. The molecule has 3 atom stereocenters. The monoisotopic (exact) mass is 372 g/mol. The summed E-state index contributed by atoms with van der Waals surface area (Å²) in [5, 5.41) is 18.8. The Morgan fingerprint density at radius 3 is 1.79 bits per heavy atom. The minimum absolute atomic E-state index is 0.203. The highest BCUT2D eigenvalue weighted by Crippen LogP contribution is 2.59. The van der Waals surface area contributed by atoms with Crippen molar-refractivity contribution in [2.45, 2.75) is 74.3 Å². The molecule has 1 saturated carbocycles. The summed E-state index contributed by atoms with van der Waals surface area (Å²) in [6.45, 7) is 0. The summed E-state index contributed by atoms with van der Waals surface area (Å²) in [5.41, 5.74) is -3.70. The van der Waals surface area contributed by atoms with E-state index < -0.39 is 48.1 Å². The van der Waals surface area contributed by atoms with E-state index in [-0.39, 0.29) is 25.7 Å². The molecule has 1 aliphatic carbocycles. The van der Waals surface area contributed by atoms with Crippen LogP contribution in [0.2, 0.25) is 0 Å². The first-order valence-electron chi connectivity index (χ1n) is 7.31. The third-order valence-electron chi connectivity index (χ3n) is 4.83. The Labute approximate surface area is 131 Å². The summed E-state index contributed by atoms with van der Waals surface area (Å²) in [7, 11) is 0. The van der Waals surface area contributed by atoms with Crippen molar-refractivity contribution in [2.24, 2.45) is 5.92 Å². The van der Waals surface area contributed by atoms with Crippen LogP contribution in [0.1, 0.15) is 38.5 Å². The summed E-state index contributed by atoms with van der Waals surface area (Å²) in [6.07, 6.45) is -16.2. The van der Waals surface area contributed by atoms with Gasteiger partial charge in [-0.3, -0.25) is 0 Å². The molecule has 2 N–H and O–H groups in total. The normalized spacial score (nSPS) is 39.0. The van der Waals surface area contributed by atoms with Gasteiger partial charge in [-0.05, 0) is 18.8 Å². The van der Waals surface area contributed by atoms with Crippen molar-refractivity contribution in [3.8, 4) is 0 Å². The molecule has 1 heterocycles. The van der Waals surface area contributed by atoms with Crippen molar-refractivity contribution < 1.29 is 50.1 Å². The van der Waals surface area contributed by atoms with E-state index in [0.29, 0.717) is 6.42 Å². The van der Waals surface area contributed by atoms with Gasteiger partial charge in [0.25, 0.3) is 0 Å². The molecular formula is C13H16F8O3. The number of ether oxygens (including phenoxy) is 1. The Kier molecular flexibility index (Phi) is 4.64. The summed E-state index contributed by atoms with van der Waals surface area (Å²) in [5.74, 6) is -12.3. The van der Waals surface area contributed by atoms with Gasteiger partial charge < -0.3 is 14.9 Å². The topological polar surface area (TPSA) is 49.7 Å². The van der Waals surface area contributed by atoms with Crippen LogP contribution < -0.4 is 0 Å². The van der Waals surface area contributed by atoms with Crippen LogP contribution in [0.3, 0.4) is 0 Å². The number of alkyl halides is 8. The summed E-state index contributed by atoms with van der Waals surface area (Å²) >= 11 is 0. The summed E-state index contributed by atoms with van der Waals surface area (Å²) < 4.78 is 111. The van der Waals surface area contributed by atoms with Crippen LogP contribution in [0.5, 0.6) is 0 Å². The van der Waals surface area contributed by atoms with Crippen molar-refractivity contribution in [3.05, 3.63) is 0 Å². The second-order valence-electron chi connectivity index (χ2n) is 6.31. The zero-order valence-corrected chi connectivity index (χ0v) is 12.2. The number of rotatable bonds is 1. The number of aliphatic hydroxyl groups excluding tert-OH is 1. The number of aliphatic hydroxyl groups is 2. The van der Waals surface area contributed by atoms with E-state index in [0.717, 1.165) is 0 Å². The van der Waals surface area contributed by atoms with Crippen molar-refractivity contribution in [1.29, 1.82) is 0 Å². The summed E-state index contributed by atoms with van der Waals surface area (Å²) in [4.78, 5) is 0. The lowest BCUT2D eigenvalue weighted by Gasteiger charge is -2.54. The minimum atomic E-state index is -6.23. The molecule has 2 aliphatic rings. The number of hydrogen-bond acceptors (Lipinski definition) is 3. The molecule has 11 heteroatoms. The fraction of sp³-hybridized carbons (Fsp3) is 1.00. The molecule has 0 aromatic carbocycles. The third kappa shape index (κ3) is 2.68. The van der Waals surface area contributed by atoms with Crippen LogP contribution in [0.15, 0.2) is 0 Å². The van der Waals surface area contributed by atoms with Gasteiger partial charge in [0, 0.05) is 6.42 Å². The molecule has 142 valence electrons. The van der Waals surface area contributed by atoms with E-state index in [1.807, 2.05) is 0 Å². The Morgan fingerprint density at radius 1 is 0.875 bits per heavy atom. The fourth-order valence-corrected chi connectivity index (χ4v) is 3.49. The zero-order valence-electron chi connectivity index (χ0n) is 12.2. The largest absolute Gasteiger partial charge is 0.449 e. The number of hydrogen-bond donors (Lipinski definition) is 2. The van der Waals surface area contributed by atoms with Crippen LogP contribution in [-0.4, -0.2) is 46.0 Å². The SMILES string of the molecule is OC1CC(C2CCCCC2)(C(F)(F)F)OC(O)(C(F)(F)F)C1(F)F. The van der Waals surface area contributed by atoms with Crippen LogP contribution in [-0.2, 0) is 4.74 Å². The lowest BCUT2D eigenvalue weighted by Crippen LogP contribution is -2.76. The average molecular weight is 372 g/mol. The zero-order chi connectivity index (χ0) is 18.6. The van der Waals surface area contributed by atoms with Crippen molar-refractivity contribution >= 4 is 0 Å². The van der Waals surface area contributed by atoms with Crippen LogP contribution in [0.4, 0.5) is 35.1 Å². The molecule has 3 nitrogen and oxygen atoms in total. The highest BCUT2D eigenvalue weighted by Gasteiger charge is 2.82. The van der Waals surface area contributed by atoms with Crippen molar-refractivity contribution in [3.63, 3.8) is 0 Å². The van der Waals surface area contributed by atoms with Gasteiger partial charge in [0.1, 0.15) is 6.10 Å². The van der Waals surface area contributed by atoms with Gasteiger partial charge in [0.15, 0.2) is 5.60 Å². The first-order chi connectivity index (χ1) is 10.7. The predicted octanol–water partition coefficient (Wildman–Crippen LogP) is 3.54. The quantitative estimate of drug-likeness (QED) is 0.693. The second kappa shape index (κ2) is 5.66. The standard InChI is InChI=1S/C13H16F8O3/c14-10(15)8(22)6-9(12(16,17)18,7-4-2-1-3-5-7)24-11(10,23)13(19,20)21/h7-8,22-23H,1-6H2. The molecule has 2 fully saturated rings. The third-order valence-corrected chi connectivity index (χ3v) is 4.83. The van der Waals surface area contributed by atoms with Gasteiger partial charge in [-0.15, -0.1) is 0 Å². The first-order valence-corrected chi connectivity index (χ1v) is 7.31. The maximum Gasteiger partial charge on any atom is 0.449 e. The van der Waals surface area contributed by atoms with Gasteiger partial charge in [-0.1, -0.05) is 19.3 Å². The highest BCUT2D eigenvalue weighted by atomic mass is 19.4. The smallest absolute Gasteiger partial charge is 0.386 e. The average Bonchev–Trinajstić information content (AvgIpc) is 2.43. The maximum atomic E-state index is 13.7. The van der Waals surface area contributed by atoms with Crippen LogP contribution >= 0.6 is 0 Å². The van der Waals surface area contributed by atoms with Gasteiger partial charge >= 0.3 is 24.1 Å². The van der Waals surface area contributed by atoms with Crippen molar-refractivity contribution in [2.75, 3.05) is 0 Å². The molecule has 1 saturated heterocycles. The Bertz CT molecular complexity index is 471. The summed E-state index contributed by atoms with van der Waals surface area (Å²) in [6, 6.07) is 0. The molecule has 1 aliphatic heterocycles. The Hall–Kier alpha value is -0.680. The van der Waals surface area contributed by atoms with E-state index in [4.69, 9.17) is 0 Å². The molecule has 0 bridgehead atoms. The highest BCUT2D eigenvalue weighted by molar-refractivity contribution is 5.10. The molecule has 3 unspecified atom stereocenters. The molecule has 0 aromatic rings. The van der Waals surface area contributed by atoms with Gasteiger partial charge in [-0.25, -0.2) is 0 Å². The lowest BCUT2D eigenvalue weighted by atomic mass is 9.70. The van der Waals surface area contributed by atoms with E-state index in [1.165, 1.54) is 0 Å². The molecule has 2 rings (SSSR count). The molecular weight excluding hydrogens is 356 g/mol. The maximum absolute atomic E-state index is 13.7. The van der Waals surface area contributed by atoms with E-state index in [9.17, 15) is 45.3 Å². The Balaban J connectivity index is 2.57.